The maximum atomic E-state index is 10.7. The fraction of sp³-hybridized carbons (Fsp3) is 0.571. The molecule has 0 N–H and O–H groups in total. The van der Waals surface area contributed by atoms with E-state index in [0.29, 0.717) is 6.61 Å². The highest BCUT2D eigenvalue weighted by molar-refractivity contribution is 9.10. The zero-order valence-electron chi connectivity index (χ0n) is 6.19. The average Bonchev–Trinajstić information content (AvgIpc) is 1.82. The van der Waals surface area contributed by atoms with Crippen LogP contribution in [-0.4, -0.2) is 17.4 Å². The van der Waals surface area contributed by atoms with Gasteiger partial charge in [-0.15, -0.1) is 0 Å². The summed E-state index contributed by atoms with van der Waals surface area (Å²) in [6.07, 6.45) is 0. The van der Waals surface area contributed by atoms with Crippen LogP contribution in [0.25, 0.3) is 0 Å². The summed E-state index contributed by atoms with van der Waals surface area (Å²) in [6.45, 7) is 7.44. The number of hydrogen-bond donors (Lipinski definition) is 0. The zero-order chi connectivity index (χ0) is 8.15. The lowest BCUT2D eigenvalue weighted by Gasteiger charge is -2.04. The van der Waals surface area contributed by atoms with Gasteiger partial charge in [-0.25, -0.2) is 0 Å². The second kappa shape index (κ2) is 4.50. The van der Waals surface area contributed by atoms with Crippen molar-refractivity contribution in [1.82, 2.24) is 0 Å². The average molecular weight is 207 g/mol. The molecule has 3 heteroatoms. The van der Waals surface area contributed by atoms with E-state index in [1.807, 2.05) is 6.92 Å². The topological polar surface area (TPSA) is 26.3 Å². The lowest BCUT2D eigenvalue weighted by molar-refractivity contribution is -0.141. The Morgan fingerprint density at radius 1 is 1.80 bits per heavy atom. The normalized spacial score (nSPS) is 12.3. The minimum absolute atomic E-state index is 0.230. The number of carbonyl (C=O) groups is 1. The van der Waals surface area contributed by atoms with Gasteiger partial charge in [0, 0.05) is 0 Å². The van der Waals surface area contributed by atoms with E-state index in [1.165, 1.54) is 0 Å². The predicted octanol–water partition coefficient (Wildman–Crippen LogP) is 1.89. The Morgan fingerprint density at radius 3 is 2.60 bits per heavy atom. The summed E-state index contributed by atoms with van der Waals surface area (Å²) in [6, 6.07) is 0. The van der Waals surface area contributed by atoms with Crippen LogP contribution in [0, 0.1) is 0 Å². The van der Waals surface area contributed by atoms with Gasteiger partial charge in [-0.3, -0.25) is 4.79 Å². The molecule has 0 aliphatic rings. The molecule has 0 heterocycles. The number of halogens is 1. The zero-order valence-corrected chi connectivity index (χ0v) is 7.77. The summed E-state index contributed by atoms with van der Waals surface area (Å²) in [7, 11) is 0. The summed E-state index contributed by atoms with van der Waals surface area (Å²) in [5.41, 5.74) is 0.849. The minimum atomic E-state index is -0.247. The number of carbonyl (C=O) groups excluding carboxylic acids is 1. The Labute approximate surface area is 69.4 Å². The smallest absolute Gasteiger partial charge is 0.319 e. The second-order valence-corrected chi connectivity index (χ2v) is 3.55. The number of ether oxygens (including phenoxy) is 1. The molecular weight excluding hydrogens is 196 g/mol. The van der Waals surface area contributed by atoms with Crippen molar-refractivity contribution < 1.29 is 9.53 Å². The van der Waals surface area contributed by atoms with E-state index in [-0.39, 0.29) is 10.8 Å². The van der Waals surface area contributed by atoms with Crippen molar-refractivity contribution in [3.05, 3.63) is 12.2 Å². The maximum Gasteiger partial charge on any atom is 0.319 e. The Hall–Kier alpha value is -0.310. The molecule has 58 valence electrons. The summed E-state index contributed by atoms with van der Waals surface area (Å²) in [5.74, 6) is -0.247. The predicted molar refractivity (Wildman–Crippen MR) is 44.2 cm³/mol. The van der Waals surface area contributed by atoms with E-state index in [4.69, 9.17) is 4.74 Å². The first-order chi connectivity index (χ1) is 4.54. The largest absolute Gasteiger partial charge is 0.460 e. The Balaban J connectivity index is 3.50. The molecule has 0 saturated heterocycles. The van der Waals surface area contributed by atoms with Crippen molar-refractivity contribution >= 4 is 21.9 Å². The van der Waals surface area contributed by atoms with Gasteiger partial charge < -0.3 is 4.74 Å². The van der Waals surface area contributed by atoms with Crippen molar-refractivity contribution in [3.63, 3.8) is 0 Å². The molecule has 0 aliphatic heterocycles. The van der Waals surface area contributed by atoms with Crippen LogP contribution in [0.5, 0.6) is 0 Å². The molecule has 0 fully saturated rings. The van der Waals surface area contributed by atoms with Crippen LogP contribution in [0.15, 0.2) is 12.2 Å². The molecule has 0 rings (SSSR count). The Morgan fingerprint density at radius 2 is 2.30 bits per heavy atom. The Bertz CT molecular complexity index is 141. The molecular formula is C7H11BrO2. The molecule has 0 aromatic carbocycles. The highest BCUT2D eigenvalue weighted by Gasteiger charge is 2.08. The molecule has 0 bridgehead atoms. The van der Waals surface area contributed by atoms with Crippen molar-refractivity contribution in [1.29, 1.82) is 0 Å². The highest BCUT2D eigenvalue weighted by atomic mass is 79.9. The third kappa shape index (κ3) is 4.56. The molecule has 0 aliphatic carbocycles. The van der Waals surface area contributed by atoms with Gasteiger partial charge in [0.25, 0.3) is 0 Å². The van der Waals surface area contributed by atoms with Crippen LogP contribution in [0.3, 0.4) is 0 Å². The molecule has 1 unspecified atom stereocenters. The van der Waals surface area contributed by atoms with E-state index < -0.39 is 0 Å². The molecule has 0 aromatic heterocycles. The monoisotopic (exact) mass is 206 g/mol. The SMILES string of the molecule is C=C(C)COC(=O)C(C)Br. The lowest BCUT2D eigenvalue weighted by atomic mass is 10.4. The van der Waals surface area contributed by atoms with Crippen molar-refractivity contribution in [3.8, 4) is 0 Å². The summed E-state index contributed by atoms with van der Waals surface area (Å²) < 4.78 is 4.78. The molecule has 0 saturated carbocycles. The summed E-state index contributed by atoms with van der Waals surface area (Å²) in [5, 5.41) is 0. The fourth-order valence-corrected chi connectivity index (χ4v) is 0.441. The molecule has 2 nitrogen and oxygen atoms in total. The second-order valence-electron chi connectivity index (χ2n) is 2.18. The summed E-state index contributed by atoms with van der Waals surface area (Å²) >= 11 is 3.09. The number of esters is 1. The quantitative estimate of drug-likeness (QED) is 0.401. The minimum Gasteiger partial charge on any atom is -0.460 e. The first-order valence-electron chi connectivity index (χ1n) is 2.99. The summed E-state index contributed by atoms with van der Waals surface area (Å²) in [4.78, 5) is 10.5. The van der Waals surface area contributed by atoms with Gasteiger partial charge in [0.05, 0.1) is 0 Å². The van der Waals surface area contributed by atoms with Gasteiger partial charge in [-0.05, 0) is 19.4 Å². The fourth-order valence-electron chi connectivity index (χ4n) is 0.309. The van der Waals surface area contributed by atoms with E-state index in [1.54, 1.807) is 6.92 Å². The molecule has 0 spiro atoms. The molecule has 0 aromatic rings. The van der Waals surface area contributed by atoms with Crippen molar-refractivity contribution in [2.24, 2.45) is 0 Å². The van der Waals surface area contributed by atoms with Crippen LogP contribution in [0.1, 0.15) is 13.8 Å². The van der Waals surface area contributed by atoms with Gasteiger partial charge >= 0.3 is 5.97 Å². The molecule has 0 radical (unpaired) electrons. The maximum absolute atomic E-state index is 10.7. The lowest BCUT2D eigenvalue weighted by Crippen LogP contribution is -2.14. The number of alkyl halides is 1. The van der Waals surface area contributed by atoms with Gasteiger partial charge in [0.15, 0.2) is 0 Å². The number of hydrogen-bond acceptors (Lipinski definition) is 2. The van der Waals surface area contributed by atoms with Crippen molar-refractivity contribution in [2.75, 3.05) is 6.61 Å². The number of rotatable bonds is 3. The molecule has 1 atom stereocenters. The molecule has 10 heavy (non-hydrogen) atoms. The van der Waals surface area contributed by atoms with Crippen LogP contribution in [0.4, 0.5) is 0 Å². The van der Waals surface area contributed by atoms with Gasteiger partial charge in [0.2, 0.25) is 0 Å². The van der Waals surface area contributed by atoms with Crippen LogP contribution >= 0.6 is 15.9 Å². The van der Waals surface area contributed by atoms with E-state index in [9.17, 15) is 4.79 Å². The van der Waals surface area contributed by atoms with E-state index in [0.717, 1.165) is 5.57 Å². The van der Waals surface area contributed by atoms with Gasteiger partial charge in [0.1, 0.15) is 11.4 Å². The first kappa shape index (κ1) is 9.69. The first-order valence-corrected chi connectivity index (χ1v) is 3.90. The van der Waals surface area contributed by atoms with E-state index >= 15 is 0 Å². The third-order valence-corrected chi connectivity index (χ3v) is 1.16. The van der Waals surface area contributed by atoms with Gasteiger partial charge in [-0.1, -0.05) is 22.5 Å². The van der Waals surface area contributed by atoms with Crippen LogP contribution < -0.4 is 0 Å². The highest BCUT2D eigenvalue weighted by Crippen LogP contribution is 2.00. The van der Waals surface area contributed by atoms with Crippen molar-refractivity contribution in [2.45, 2.75) is 18.7 Å². The molecule has 0 amide bonds. The standard InChI is InChI=1S/C7H11BrO2/c1-5(2)4-10-7(9)6(3)8/h6H,1,4H2,2-3H3. The third-order valence-electron chi connectivity index (χ3n) is 0.786. The Kier molecular flexibility index (Phi) is 4.36. The van der Waals surface area contributed by atoms with Crippen LogP contribution in [0.2, 0.25) is 0 Å². The van der Waals surface area contributed by atoms with Gasteiger partial charge in [-0.2, -0.15) is 0 Å². The van der Waals surface area contributed by atoms with E-state index in [2.05, 4.69) is 22.5 Å². The van der Waals surface area contributed by atoms with Crippen LogP contribution in [-0.2, 0) is 9.53 Å².